The molecule has 0 unspecified atom stereocenters. The normalized spacial score (nSPS) is 20.1. The lowest BCUT2D eigenvalue weighted by molar-refractivity contribution is -0.221. The summed E-state index contributed by atoms with van der Waals surface area (Å²) in [5, 5.41) is 4.17. The molecule has 3 heterocycles. The van der Waals surface area contributed by atoms with Gasteiger partial charge in [-0.25, -0.2) is 4.98 Å². The van der Waals surface area contributed by atoms with E-state index in [1.165, 1.54) is 0 Å². The molecule has 5 nitrogen and oxygen atoms in total. The largest absolute Gasteiger partial charge is 0.416 e. The molecule has 2 aromatic rings. The van der Waals surface area contributed by atoms with Gasteiger partial charge in [-0.1, -0.05) is 13.8 Å². The SMILES string of the molecule is CC(C)c1cc(N2CCO[C@@H](C(F)(F)F)C2)n2nccc2n1. The highest BCUT2D eigenvalue weighted by atomic mass is 19.4. The zero-order valence-electron chi connectivity index (χ0n) is 12.3. The van der Waals surface area contributed by atoms with E-state index < -0.39 is 12.3 Å². The van der Waals surface area contributed by atoms with E-state index in [1.807, 2.05) is 19.9 Å². The van der Waals surface area contributed by atoms with Crippen molar-refractivity contribution in [2.45, 2.75) is 32.0 Å². The third-order valence-corrected chi connectivity index (χ3v) is 3.71. The predicted molar refractivity (Wildman–Crippen MR) is 75.1 cm³/mol. The third-order valence-electron chi connectivity index (χ3n) is 3.71. The maximum atomic E-state index is 12.9. The van der Waals surface area contributed by atoms with Crippen LogP contribution in [0.4, 0.5) is 19.0 Å². The van der Waals surface area contributed by atoms with Gasteiger partial charge in [0.2, 0.25) is 0 Å². The lowest BCUT2D eigenvalue weighted by atomic mass is 10.1. The van der Waals surface area contributed by atoms with E-state index in [-0.39, 0.29) is 19.1 Å². The van der Waals surface area contributed by atoms with E-state index in [9.17, 15) is 13.2 Å². The Morgan fingerprint density at radius 1 is 1.36 bits per heavy atom. The molecule has 120 valence electrons. The summed E-state index contributed by atoms with van der Waals surface area (Å²) >= 11 is 0. The number of anilines is 1. The van der Waals surface area contributed by atoms with Gasteiger partial charge < -0.3 is 9.64 Å². The highest BCUT2D eigenvalue weighted by Gasteiger charge is 2.43. The van der Waals surface area contributed by atoms with E-state index >= 15 is 0 Å². The summed E-state index contributed by atoms with van der Waals surface area (Å²) in [5.41, 5.74) is 1.47. The maximum absolute atomic E-state index is 12.9. The van der Waals surface area contributed by atoms with Crippen molar-refractivity contribution in [2.75, 3.05) is 24.6 Å². The summed E-state index contributed by atoms with van der Waals surface area (Å²) in [6.07, 6.45) is -4.55. The van der Waals surface area contributed by atoms with Gasteiger partial charge in [-0.05, 0) is 5.92 Å². The molecule has 2 aromatic heterocycles. The maximum Gasteiger partial charge on any atom is 0.416 e. The Bertz CT molecular complexity index is 668. The first-order chi connectivity index (χ1) is 10.4. The van der Waals surface area contributed by atoms with Crippen LogP contribution in [0.5, 0.6) is 0 Å². The number of ether oxygens (including phenoxy) is 1. The van der Waals surface area contributed by atoms with Gasteiger partial charge in [-0.15, -0.1) is 0 Å². The van der Waals surface area contributed by atoms with E-state index in [0.29, 0.717) is 18.0 Å². The summed E-state index contributed by atoms with van der Waals surface area (Å²) < 4.78 is 45.1. The molecule has 8 heteroatoms. The van der Waals surface area contributed by atoms with Gasteiger partial charge in [0, 0.05) is 24.4 Å². The lowest BCUT2D eigenvalue weighted by Gasteiger charge is -2.35. The number of hydrogen-bond donors (Lipinski definition) is 0. The van der Waals surface area contributed by atoms with Crippen LogP contribution in [0.1, 0.15) is 25.5 Å². The Balaban J connectivity index is 1.99. The van der Waals surface area contributed by atoms with Crippen LogP contribution in [0, 0.1) is 0 Å². The van der Waals surface area contributed by atoms with Crippen molar-refractivity contribution in [3.63, 3.8) is 0 Å². The van der Waals surface area contributed by atoms with Crippen LogP contribution in [0.3, 0.4) is 0 Å². The molecule has 1 atom stereocenters. The number of hydrogen-bond acceptors (Lipinski definition) is 4. The number of halogens is 3. The first-order valence-corrected chi connectivity index (χ1v) is 7.14. The summed E-state index contributed by atoms with van der Waals surface area (Å²) in [7, 11) is 0. The molecule has 0 spiro atoms. The molecular weight excluding hydrogens is 297 g/mol. The molecule has 0 saturated carbocycles. The van der Waals surface area contributed by atoms with Crippen molar-refractivity contribution in [3.05, 3.63) is 24.0 Å². The van der Waals surface area contributed by atoms with E-state index in [0.717, 1.165) is 5.69 Å². The Kier molecular flexibility index (Phi) is 3.72. The predicted octanol–water partition coefficient (Wildman–Crippen LogP) is 2.62. The number of alkyl halides is 3. The molecule has 1 aliphatic rings. The monoisotopic (exact) mass is 314 g/mol. The van der Waals surface area contributed by atoms with Gasteiger partial charge in [0.1, 0.15) is 5.82 Å². The second-order valence-electron chi connectivity index (χ2n) is 5.64. The van der Waals surface area contributed by atoms with E-state index in [1.54, 1.807) is 21.7 Å². The second-order valence-corrected chi connectivity index (χ2v) is 5.64. The lowest BCUT2D eigenvalue weighted by Crippen LogP contribution is -2.49. The molecule has 1 saturated heterocycles. The number of rotatable bonds is 2. The molecule has 1 aliphatic heterocycles. The van der Waals surface area contributed by atoms with Crippen molar-refractivity contribution in [1.29, 1.82) is 0 Å². The van der Waals surface area contributed by atoms with Gasteiger partial charge in [0.15, 0.2) is 11.8 Å². The quantitative estimate of drug-likeness (QED) is 0.854. The van der Waals surface area contributed by atoms with Gasteiger partial charge in [0.05, 0.1) is 19.3 Å². The molecule has 22 heavy (non-hydrogen) atoms. The first kappa shape index (κ1) is 15.1. The van der Waals surface area contributed by atoms with E-state index in [4.69, 9.17) is 4.74 Å². The van der Waals surface area contributed by atoms with E-state index in [2.05, 4.69) is 10.1 Å². The standard InChI is InChI=1S/C14H17F3N4O/c1-9(2)10-7-13(21-12(19-10)3-4-18-21)20-5-6-22-11(8-20)14(15,16)17/h3-4,7,9,11H,5-6,8H2,1-2H3/t11-/m1/s1. The van der Waals surface area contributed by atoms with Gasteiger partial charge in [0.25, 0.3) is 0 Å². The van der Waals surface area contributed by atoms with Crippen LogP contribution in [0.2, 0.25) is 0 Å². The van der Waals surface area contributed by atoms with Crippen molar-refractivity contribution in [3.8, 4) is 0 Å². The minimum absolute atomic E-state index is 0.0340. The molecule has 0 aromatic carbocycles. The fourth-order valence-corrected chi connectivity index (χ4v) is 2.49. The Morgan fingerprint density at radius 2 is 2.14 bits per heavy atom. The summed E-state index contributed by atoms with van der Waals surface area (Å²) in [6.45, 7) is 4.18. The molecular formula is C14H17F3N4O. The topological polar surface area (TPSA) is 42.7 Å². The zero-order chi connectivity index (χ0) is 15.9. The van der Waals surface area contributed by atoms with Gasteiger partial charge >= 0.3 is 6.18 Å². The average Bonchev–Trinajstić information content (AvgIpc) is 2.93. The van der Waals surface area contributed by atoms with Crippen molar-refractivity contribution < 1.29 is 17.9 Å². The number of fused-ring (bicyclic) bond motifs is 1. The van der Waals surface area contributed by atoms with Crippen LogP contribution in [-0.2, 0) is 4.74 Å². The molecule has 0 aliphatic carbocycles. The Labute approximate surface area is 125 Å². The summed E-state index contributed by atoms with van der Waals surface area (Å²) in [4.78, 5) is 6.14. The van der Waals surface area contributed by atoms with Crippen molar-refractivity contribution in [2.24, 2.45) is 0 Å². The fraction of sp³-hybridized carbons (Fsp3) is 0.571. The Morgan fingerprint density at radius 3 is 2.82 bits per heavy atom. The first-order valence-electron chi connectivity index (χ1n) is 7.14. The zero-order valence-corrected chi connectivity index (χ0v) is 12.3. The highest BCUT2D eigenvalue weighted by molar-refractivity contribution is 5.51. The van der Waals surface area contributed by atoms with Crippen LogP contribution < -0.4 is 4.90 Å². The minimum atomic E-state index is -4.37. The summed E-state index contributed by atoms with van der Waals surface area (Å²) in [6, 6.07) is 3.56. The van der Waals surface area contributed by atoms with Crippen molar-refractivity contribution in [1.82, 2.24) is 14.6 Å². The number of aromatic nitrogens is 3. The molecule has 0 amide bonds. The number of nitrogens with zero attached hydrogens (tertiary/aromatic N) is 4. The van der Waals surface area contributed by atoms with Gasteiger partial charge in [-0.2, -0.15) is 22.8 Å². The third kappa shape index (κ3) is 2.75. The fourth-order valence-electron chi connectivity index (χ4n) is 2.49. The molecule has 0 radical (unpaired) electrons. The second kappa shape index (κ2) is 5.42. The highest BCUT2D eigenvalue weighted by Crippen LogP contribution is 2.29. The number of morpholine rings is 1. The smallest absolute Gasteiger partial charge is 0.365 e. The van der Waals surface area contributed by atoms with Crippen LogP contribution in [-0.4, -0.2) is 46.6 Å². The molecule has 0 bridgehead atoms. The molecule has 3 rings (SSSR count). The van der Waals surface area contributed by atoms with Crippen LogP contribution in [0.15, 0.2) is 18.3 Å². The van der Waals surface area contributed by atoms with Gasteiger partial charge in [-0.3, -0.25) is 0 Å². The minimum Gasteiger partial charge on any atom is -0.365 e. The Hall–Kier alpha value is -1.83. The average molecular weight is 314 g/mol. The molecule has 0 N–H and O–H groups in total. The molecule has 1 fully saturated rings. The summed E-state index contributed by atoms with van der Waals surface area (Å²) in [5.74, 6) is 0.800. The van der Waals surface area contributed by atoms with Crippen LogP contribution >= 0.6 is 0 Å². The van der Waals surface area contributed by atoms with Crippen LogP contribution in [0.25, 0.3) is 5.65 Å². The van der Waals surface area contributed by atoms with Crippen molar-refractivity contribution >= 4 is 11.5 Å².